The lowest BCUT2D eigenvalue weighted by Crippen LogP contribution is -2.12. The average molecular weight is 323 g/mol. The molecule has 24 heavy (non-hydrogen) atoms. The first-order valence-electron chi connectivity index (χ1n) is 7.55. The Bertz CT molecular complexity index is 845. The number of carbonyl (C=O) groups excluding carboxylic acids is 1. The Morgan fingerprint density at radius 3 is 2.75 bits per heavy atom. The molecule has 0 bridgehead atoms. The van der Waals surface area contributed by atoms with Crippen molar-refractivity contribution in [3.8, 4) is 11.8 Å². The molecular weight excluding hydrogens is 306 g/mol. The van der Waals surface area contributed by atoms with E-state index in [-0.39, 0.29) is 11.9 Å². The Labute approximate surface area is 139 Å². The van der Waals surface area contributed by atoms with Gasteiger partial charge in [0.2, 0.25) is 0 Å². The zero-order chi connectivity index (χ0) is 16.9. The standard InChI is InChI=1S/C17H17N5O2/c1-3-22-11-13(10-20-22)16(23)21-15-6-5-14(9-12(15)2)24-17-18-7-4-8-19-17/h4-11H,3H2,1-2H3,(H,21,23). The largest absolute Gasteiger partial charge is 0.424 e. The van der Waals surface area contributed by atoms with Crippen LogP contribution in [0.25, 0.3) is 0 Å². The minimum Gasteiger partial charge on any atom is -0.424 e. The minimum absolute atomic E-state index is 0.196. The van der Waals surface area contributed by atoms with Crippen molar-refractivity contribution >= 4 is 11.6 Å². The maximum Gasteiger partial charge on any atom is 0.321 e. The number of nitrogens with zero attached hydrogens (tertiary/aromatic N) is 4. The quantitative estimate of drug-likeness (QED) is 0.780. The summed E-state index contributed by atoms with van der Waals surface area (Å²) in [4.78, 5) is 20.3. The number of amides is 1. The van der Waals surface area contributed by atoms with Gasteiger partial charge in [0.1, 0.15) is 5.75 Å². The van der Waals surface area contributed by atoms with Crippen LogP contribution < -0.4 is 10.1 Å². The summed E-state index contributed by atoms with van der Waals surface area (Å²) in [6.07, 6.45) is 6.49. The smallest absolute Gasteiger partial charge is 0.321 e. The molecule has 0 aliphatic carbocycles. The number of hydrogen-bond acceptors (Lipinski definition) is 5. The molecule has 3 aromatic rings. The van der Waals surface area contributed by atoms with E-state index >= 15 is 0 Å². The van der Waals surface area contributed by atoms with Gasteiger partial charge in [-0.15, -0.1) is 0 Å². The molecule has 0 spiro atoms. The summed E-state index contributed by atoms with van der Waals surface area (Å²) in [6.45, 7) is 4.58. The van der Waals surface area contributed by atoms with Crippen molar-refractivity contribution in [3.63, 3.8) is 0 Å². The van der Waals surface area contributed by atoms with Gasteiger partial charge in [-0.1, -0.05) is 0 Å². The van der Waals surface area contributed by atoms with Gasteiger partial charge in [-0.2, -0.15) is 5.10 Å². The Balaban J connectivity index is 1.71. The van der Waals surface area contributed by atoms with Crippen LogP contribution in [-0.4, -0.2) is 25.7 Å². The van der Waals surface area contributed by atoms with E-state index in [1.54, 1.807) is 47.7 Å². The lowest BCUT2D eigenvalue weighted by Gasteiger charge is -2.10. The molecule has 1 N–H and O–H groups in total. The van der Waals surface area contributed by atoms with Crippen molar-refractivity contribution in [2.75, 3.05) is 5.32 Å². The predicted octanol–water partition coefficient (Wildman–Crippen LogP) is 3.05. The number of benzene rings is 1. The van der Waals surface area contributed by atoms with Gasteiger partial charge < -0.3 is 10.1 Å². The molecule has 0 saturated heterocycles. The van der Waals surface area contributed by atoms with E-state index in [1.807, 2.05) is 19.9 Å². The summed E-state index contributed by atoms with van der Waals surface area (Å²) in [5.74, 6) is 0.411. The summed E-state index contributed by atoms with van der Waals surface area (Å²) >= 11 is 0. The molecule has 2 heterocycles. The van der Waals surface area contributed by atoms with E-state index in [2.05, 4.69) is 20.4 Å². The SMILES string of the molecule is CCn1cc(C(=O)Nc2ccc(Oc3ncccn3)cc2C)cn1. The van der Waals surface area contributed by atoms with Crippen LogP contribution in [0.4, 0.5) is 5.69 Å². The van der Waals surface area contributed by atoms with Crippen LogP contribution in [0.15, 0.2) is 49.1 Å². The van der Waals surface area contributed by atoms with E-state index in [0.29, 0.717) is 17.0 Å². The number of rotatable bonds is 5. The fraction of sp³-hybridized carbons (Fsp3) is 0.176. The first kappa shape index (κ1) is 15.7. The van der Waals surface area contributed by atoms with Gasteiger partial charge in [0.25, 0.3) is 5.91 Å². The van der Waals surface area contributed by atoms with E-state index in [9.17, 15) is 4.79 Å². The van der Waals surface area contributed by atoms with E-state index < -0.39 is 0 Å². The van der Waals surface area contributed by atoms with Crippen molar-refractivity contribution in [3.05, 3.63) is 60.2 Å². The highest BCUT2D eigenvalue weighted by Crippen LogP contribution is 2.24. The number of hydrogen-bond donors (Lipinski definition) is 1. The van der Waals surface area contributed by atoms with Crippen molar-refractivity contribution in [2.45, 2.75) is 20.4 Å². The molecule has 1 aromatic carbocycles. The van der Waals surface area contributed by atoms with E-state index in [0.717, 1.165) is 12.1 Å². The highest BCUT2D eigenvalue weighted by Gasteiger charge is 2.11. The van der Waals surface area contributed by atoms with Crippen LogP contribution in [0.1, 0.15) is 22.8 Å². The summed E-state index contributed by atoms with van der Waals surface area (Å²) in [5.41, 5.74) is 2.11. The third-order valence-corrected chi connectivity index (χ3v) is 3.42. The summed E-state index contributed by atoms with van der Waals surface area (Å²) in [7, 11) is 0. The summed E-state index contributed by atoms with van der Waals surface area (Å²) in [6, 6.07) is 7.36. The predicted molar refractivity (Wildman–Crippen MR) is 89.1 cm³/mol. The second-order valence-corrected chi connectivity index (χ2v) is 5.15. The van der Waals surface area contributed by atoms with Gasteiger partial charge in [0.05, 0.1) is 11.8 Å². The van der Waals surface area contributed by atoms with Crippen molar-refractivity contribution < 1.29 is 9.53 Å². The van der Waals surface area contributed by atoms with Crippen LogP contribution in [0, 0.1) is 6.92 Å². The number of aromatic nitrogens is 4. The molecule has 0 fully saturated rings. The van der Waals surface area contributed by atoms with Gasteiger partial charge in [-0.25, -0.2) is 9.97 Å². The highest BCUT2D eigenvalue weighted by molar-refractivity contribution is 6.04. The Morgan fingerprint density at radius 1 is 1.29 bits per heavy atom. The Hall–Kier alpha value is -3.22. The molecule has 7 nitrogen and oxygen atoms in total. The fourth-order valence-corrected chi connectivity index (χ4v) is 2.13. The third-order valence-electron chi connectivity index (χ3n) is 3.42. The maximum absolute atomic E-state index is 12.3. The Kier molecular flexibility index (Phi) is 4.51. The third kappa shape index (κ3) is 3.57. The topological polar surface area (TPSA) is 81.9 Å². The molecule has 0 radical (unpaired) electrons. The van der Waals surface area contributed by atoms with Crippen LogP contribution in [0.2, 0.25) is 0 Å². The van der Waals surface area contributed by atoms with E-state index in [4.69, 9.17) is 4.74 Å². The molecule has 7 heteroatoms. The molecular formula is C17H17N5O2. The molecule has 122 valence electrons. The number of carbonyl (C=O) groups is 1. The number of aryl methyl sites for hydroxylation is 2. The van der Waals surface area contributed by atoms with Gasteiger partial charge in [0, 0.05) is 30.8 Å². The molecule has 0 saturated carbocycles. The Morgan fingerprint density at radius 2 is 2.08 bits per heavy atom. The fourth-order valence-electron chi connectivity index (χ4n) is 2.13. The van der Waals surface area contributed by atoms with Crippen LogP contribution in [-0.2, 0) is 6.54 Å². The molecule has 0 unspecified atom stereocenters. The van der Waals surface area contributed by atoms with Crippen molar-refractivity contribution in [1.29, 1.82) is 0 Å². The van der Waals surface area contributed by atoms with Crippen molar-refractivity contribution in [2.24, 2.45) is 0 Å². The van der Waals surface area contributed by atoms with Crippen LogP contribution in [0.5, 0.6) is 11.8 Å². The first-order chi connectivity index (χ1) is 11.7. The lowest BCUT2D eigenvalue weighted by molar-refractivity contribution is 0.102. The van der Waals surface area contributed by atoms with Crippen LogP contribution in [0.3, 0.4) is 0 Å². The monoisotopic (exact) mass is 323 g/mol. The normalized spacial score (nSPS) is 10.4. The summed E-state index contributed by atoms with van der Waals surface area (Å²) in [5, 5.41) is 6.98. The molecule has 2 aromatic heterocycles. The van der Waals surface area contributed by atoms with Crippen LogP contribution >= 0.6 is 0 Å². The highest BCUT2D eigenvalue weighted by atomic mass is 16.5. The molecule has 1 amide bonds. The van der Waals surface area contributed by atoms with Gasteiger partial charge in [-0.05, 0) is 43.7 Å². The van der Waals surface area contributed by atoms with E-state index in [1.165, 1.54) is 0 Å². The molecule has 0 atom stereocenters. The first-order valence-corrected chi connectivity index (χ1v) is 7.55. The zero-order valence-electron chi connectivity index (χ0n) is 13.4. The average Bonchev–Trinajstić information content (AvgIpc) is 3.07. The van der Waals surface area contributed by atoms with Crippen molar-refractivity contribution in [1.82, 2.24) is 19.7 Å². The number of anilines is 1. The molecule has 0 aliphatic heterocycles. The minimum atomic E-state index is -0.196. The van der Waals surface area contributed by atoms with Gasteiger partial charge in [0.15, 0.2) is 0 Å². The zero-order valence-corrected chi connectivity index (χ0v) is 13.4. The summed E-state index contributed by atoms with van der Waals surface area (Å²) < 4.78 is 7.28. The second-order valence-electron chi connectivity index (χ2n) is 5.15. The van der Waals surface area contributed by atoms with Gasteiger partial charge >= 0.3 is 6.01 Å². The lowest BCUT2D eigenvalue weighted by atomic mass is 10.2. The van der Waals surface area contributed by atoms with Gasteiger partial charge in [-0.3, -0.25) is 9.48 Å². The maximum atomic E-state index is 12.3. The number of nitrogens with one attached hydrogen (secondary N) is 1. The molecule has 3 rings (SSSR count). The molecule has 0 aliphatic rings. The second kappa shape index (κ2) is 6.91. The number of ether oxygens (including phenoxy) is 1.